The van der Waals surface area contributed by atoms with Gasteiger partial charge in [0, 0.05) is 32.9 Å². The van der Waals surface area contributed by atoms with Gasteiger partial charge in [0.05, 0.1) is 25.7 Å². The highest BCUT2D eigenvalue weighted by Crippen LogP contribution is 2.37. The molecule has 2 unspecified atom stereocenters. The first-order valence-electron chi connectivity index (χ1n) is 18.4. The van der Waals surface area contributed by atoms with Crippen LogP contribution in [0.5, 0.6) is 11.5 Å². The van der Waals surface area contributed by atoms with Crippen LogP contribution < -0.4 is 14.6 Å². The summed E-state index contributed by atoms with van der Waals surface area (Å²) in [6.07, 6.45) is 3.28. The Balaban J connectivity index is 1.95. The first-order valence-corrected chi connectivity index (χ1v) is 23.6. The molecule has 0 aromatic heterocycles. The first-order chi connectivity index (χ1) is 25.7. The summed E-state index contributed by atoms with van der Waals surface area (Å²) in [6, 6.07) is 12.9. The van der Waals surface area contributed by atoms with Gasteiger partial charge in [0.25, 0.3) is 0 Å². The van der Waals surface area contributed by atoms with E-state index in [0.717, 1.165) is 17.7 Å². The lowest BCUT2D eigenvalue weighted by molar-refractivity contribution is -0.482. The Morgan fingerprint density at radius 2 is 1.85 bits per heavy atom. The van der Waals surface area contributed by atoms with Crippen LogP contribution in [-0.4, -0.2) is 85.2 Å². The molecule has 0 spiro atoms. The lowest BCUT2D eigenvalue weighted by Gasteiger charge is -2.28. The number of esters is 2. The Labute approximate surface area is 323 Å². The molecule has 1 aliphatic rings. The summed E-state index contributed by atoms with van der Waals surface area (Å²) in [7, 11) is -0.118. The second-order valence-corrected chi connectivity index (χ2v) is 21.1. The van der Waals surface area contributed by atoms with Crippen molar-refractivity contribution in [3.63, 3.8) is 0 Å². The van der Waals surface area contributed by atoms with Crippen molar-refractivity contribution in [2.45, 2.75) is 103 Å². The number of nitrogens with one attached hydrogen (secondary N) is 1. The fourth-order valence-corrected chi connectivity index (χ4v) is 7.12. The average molecular weight is 795 g/mol. The normalized spacial score (nSPS) is 19.1. The molecule has 1 N–H and O–H groups in total. The number of hydrogen-bond acceptors (Lipinski definition) is 11. The monoisotopic (exact) mass is 794 g/mol. The van der Waals surface area contributed by atoms with Gasteiger partial charge >= 0.3 is 11.9 Å². The van der Waals surface area contributed by atoms with E-state index in [1.165, 1.54) is 7.11 Å². The van der Waals surface area contributed by atoms with E-state index in [2.05, 4.69) is 31.7 Å². The van der Waals surface area contributed by atoms with Gasteiger partial charge in [0.2, 0.25) is 0 Å². The summed E-state index contributed by atoms with van der Waals surface area (Å²) >= 11 is 1.13. The van der Waals surface area contributed by atoms with Gasteiger partial charge < -0.3 is 48.0 Å². The molecule has 1 heterocycles. The van der Waals surface area contributed by atoms with Crippen LogP contribution in [-0.2, 0) is 27.9 Å². The highest BCUT2D eigenvalue weighted by molar-refractivity contribution is 8.40. The topological polar surface area (TPSA) is 144 Å². The van der Waals surface area contributed by atoms with Crippen LogP contribution in [0, 0.1) is 5.92 Å². The zero-order valence-corrected chi connectivity index (χ0v) is 35.0. The summed E-state index contributed by atoms with van der Waals surface area (Å²) in [4.78, 5) is 27.0. The third kappa shape index (κ3) is 15.1. The van der Waals surface area contributed by atoms with Gasteiger partial charge in [0.15, 0.2) is 19.1 Å². The van der Waals surface area contributed by atoms with Gasteiger partial charge in [0.1, 0.15) is 35.9 Å². The Kier molecular flexibility index (Phi) is 17.7. The molecule has 2 aromatic rings. The molecule has 1 fully saturated rings. The zero-order chi connectivity index (χ0) is 39.7. The van der Waals surface area contributed by atoms with Gasteiger partial charge in [-0.25, -0.2) is 9.59 Å². The van der Waals surface area contributed by atoms with Crippen molar-refractivity contribution in [3.05, 3.63) is 70.8 Å². The molecule has 0 aliphatic carbocycles. The second-order valence-electron chi connectivity index (χ2n) is 14.7. The van der Waals surface area contributed by atoms with Crippen molar-refractivity contribution in [2.24, 2.45) is 5.92 Å². The summed E-state index contributed by atoms with van der Waals surface area (Å²) in [5.74, 6) is -1.21. The number of nitrogens with zero attached hydrogens (tertiary/aromatic N) is 1. The minimum atomic E-state index is -1.48. The van der Waals surface area contributed by atoms with Gasteiger partial charge in [-0.3, -0.25) is 0 Å². The number of carbonyl (C=O) groups excluding carboxylic acids is 2. The summed E-state index contributed by atoms with van der Waals surface area (Å²) in [5.41, 5.74) is 10.2. The maximum absolute atomic E-state index is 13.6. The van der Waals surface area contributed by atoms with Crippen LogP contribution in [0.1, 0.15) is 73.2 Å². The van der Waals surface area contributed by atoms with E-state index >= 15 is 0 Å². The van der Waals surface area contributed by atoms with E-state index < -0.39 is 44.1 Å². The maximum Gasteiger partial charge on any atom is 0.342 e. The van der Waals surface area contributed by atoms with Gasteiger partial charge in [-0.05, 0) is 84.1 Å². The largest absolute Gasteiger partial charge is 0.508 e. The zero-order valence-electron chi connectivity index (χ0n) is 33.2. The van der Waals surface area contributed by atoms with Gasteiger partial charge in [-0.2, -0.15) is 0 Å². The lowest BCUT2D eigenvalue weighted by atomic mass is 9.94. The van der Waals surface area contributed by atoms with E-state index in [0.29, 0.717) is 36.1 Å². The van der Waals surface area contributed by atoms with Crippen molar-refractivity contribution in [3.8, 4) is 11.5 Å². The molecule has 6 atom stereocenters. The van der Waals surface area contributed by atoms with Gasteiger partial charge in [-0.1, -0.05) is 56.9 Å². The van der Waals surface area contributed by atoms with Crippen LogP contribution >= 0.6 is 20.0 Å². The van der Waals surface area contributed by atoms with Crippen LogP contribution in [0.2, 0.25) is 25.7 Å². The van der Waals surface area contributed by atoms with Crippen molar-refractivity contribution < 1.29 is 52.0 Å². The first kappa shape index (κ1) is 42.9. The van der Waals surface area contributed by atoms with E-state index in [-0.39, 0.29) is 58.3 Å². The molecule has 0 saturated carbocycles. The predicted molar refractivity (Wildman–Crippen MR) is 211 cm³/mol. The number of hydrogen-bond donors (Lipinski definition) is 1. The fraction of sp³-hybridized carbons (Fsp3) is 0.579. The van der Waals surface area contributed by atoms with Crippen LogP contribution in [0.25, 0.3) is 11.6 Å². The van der Waals surface area contributed by atoms with Gasteiger partial charge in [-0.15, -0.1) is 0 Å². The number of ether oxygens (including phenoxy) is 7. The van der Waals surface area contributed by atoms with Crippen molar-refractivity contribution in [1.29, 1.82) is 1.28 Å². The van der Waals surface area contributed by atoms with E-state index in [1.807, 2.05) is 32.9 Å². The molecule has 53 heavy (non-hydrogen) atoms. The van der Waals surface area contributed by atoms with E-state index in [4.69, 9.17) is 44.2 Å². The molecule has 0 radical (unpaired) electrons. The number of rotatable bonds is 24. The Bertz CT molecular complexity index is 1520. The smallest absolute Gasteiger partial charge is 0.342 e. The Morgan fingerprint density at radius 1 is 1.09 bits per heavy atom. The second kappa shape index (κ2) is 21.9. The molecular weight excluding hydrogens is 736 g/mol. The lowest BCUT2D eigenvalue weighted by Crippen LogP contribution is -2.64. The highest BCUT2D eigenvalue weighted by atomic mass is 32.7. The quantitative estimate of drug-likeness (QED) is 0.0222. The maximum atomic E-state index is 13.6. The number of carbonyl (C=O) groups is 2. The average Bonchev–Trinajstić information content (AvgIpc) is 3.44. The van der Waals surface area contributed by atoms with Crippen LogP contribution in [0.4, 0.5) is 0 Å². The molecule has 294 valence electrons. The Hall–Kier alpha value is -2.84. The van der Waals surface area contributed by atoms with Crippen LogP contribution in [0.3, 0.4) is 0 Å². The van der Waals surface area contributed by atoms with Crippen molar-refractivity contribution >= 4 is 46.1 Å². The third-order valence-corrected chi connectivity index (χ3v) is 11.0. The molecule has 1 saturated heterocycles. The minimum absolute atomic E-state index is 0.108. The Morgan fingerprint density at radius 3 is 2.53 bits per heavy atom. The standard InChI is InChI=1S/C38H57N2O10PSSi/c1-26(27(2)50-52-51)17-18-31(47-36(41)28-13-10-9-11-14-28)35-32(48-38(3,4)49-35)16-12-15-29-23-30(44-20-19-40-39)24-33(46-25-43-5)34(29)37(42)45-21-22-53(6,7)8/h9-15,23-24,26-27,31-32,35,40H,16-22,25,51H2,1-8H3/b15-12+/t26-,27-,31?,32-,35-/m1/s1/i51T/t26-,27-,31?,32-,35-,51?. The van der Waals surface area contributed by atoms with E-state index in [9.17, 15) is 9.59 Å². The molecular formula is C38H57N2O10PSSi. The summed E-state index contributed by atoms with van der Waals surface area (Å²) in [5, 5.41) is 2.07. The van der Waals surface area contributed by atoms with Crippen LogP contribution in [0.15, 0.2) is 48.5 Å². The predicted octanol–water partition coefficient (Wildman–Crippen LogP) is 7.05. The molecule has 15 heteroatoms. The highest BCUT2D eigenvalue weighted by Gasteiger charge is 2.46. The molecule has 2 aromatic carbocycles. The van der Waals surface area contributed by atoms with Crippen molar-refractivity contribution in [2.75, 3.05) is 33.7 Å². The van der Waals surface area contributed by atoms with Crippen molar-refractivity contribution in [1.82, 2.24) is 0 Å². The third-order valence-electron chi connectivity index (χ3n) is 8.64. The fourth-order valence-electron chi connectivity index (χ4n) is 5.61. The summed E-state index contributed by atoms with van der Waals surface area (Å²) < 4.78 is 54.8. The number of methoxy groups -OCH3 is 1. The SMILES string of the molecule is [3H]PSO[C@H](C)[C@H](C)CCC(OC(=O)c1ccccc1)[C@H]1OC(C)(C)O[C@@H]1C/C=C/c1cc(OCC[NH+]=[N-])cc(OCOC)c1C(=O)OCC[Si](C)(C)C. The molecule has 0 bridgehead atoms. The molecule has 1 aliphatic heterocycles. The van der Waals surface area contributed by atoms with E-state index in [1.54, 1.807) is 42.5 Å². The number of benzene rings is 2. The molecule has 3 rings (SSSR count). The summed E-state index contributed by atoms with van der Waals surface area (Å²) in [6.45, 7) is 14.8. The molecule has 0 amide bonds. The minimum Gasteiger partial charge on any atom is -0.508 e. The molecule has 12 nitrogen and oxygen atoms in total.